The minimum absolute atomic E-state index is 0.450. The fourth-order valence-electron chi connectivity index (χ4n) is 0.532. The van der Waals surface area contributed by atoms with Crippen molar-refractivity contribution in [2.45, 2.75) is 19.8 Å². The smallest absolute Gasteiger partial charge is 0.404 e. The molecule has 0 spiro atoms. The molecule has 1 rings (SSSR count). The minimum atomic E-state index is -0.682. The lowest BCUT2D eigenvalue weighted by atomic mass is 10.4. The molecule has 1 aromatic rings. The molecule has 0 fully saturated rings. The minimum Gasteiger partial charge on any atom is -0.450 e. The first kappa shape index (κ1) is 11.5. The Morgan fingerprint density at radius 1 is 1.69 bits per heavy atom. The fourth-order valence-corrected chi connectivity index (χ4v) is 0.532. The second-order valence-electron chi connectivity index (χ2n) is 2.28. The maximum Gasteiger partial charge on any atom is 0.404 e. The molecule has 0 aliphatic heterocycles. The Morgan fingerprint density at radius 2 is 2.46 bits per heavy atom. The number of H-pyrrole nitrogens is 1. The largest absolute Gasteiger partial charge is 0.450 e. The van der Waals surface area contributed by atoms with Crippen LogP contribution >= 0.6 is 0 Å². The molecule has 0 unspecified atom stereocenters. The molecule has 0 radical (unpaired) electrons. The average Bonchev–Trinajstić information content (AvgIpc) is 2.61. The summed E-state index contributed by atoms with van der Waals surface area (Å²) in [6.45, 7) is 2.47. The lowest BCUT2D eigenvalue weighted by Crippen LogP contribution is -2.13. The van der Waals surface area contributed by atoms with E-state index in [4.69, 9.17) is 0 Å². The third-order valence-electron chi connectivity index (χ3n) is 1.15. The summed E-state index contributed by atoms with van der Waals surface area (Å²) in [5.41, 5.74) is 4.67. The van der Waals surface area contributed by atoms with Crippen LogP contribution in [-0.4, -0.2) is 22.7 Å². The van der Waals surface area contributed by atoms with Crippen LogP contribution in [0.5, 0.6) is 0 Å². The van der Waals surface area contributed by atoms with E-state index in [1.807, 2.05) is 6.92 Å². The normalized spacial score (nSPS) is 8.38. The van der Waals surface area contributed by atoms with Gasteiger partial charge in [0.2, 0.25) is 0 Å². The van der Waals surface area contributed by atoms with Crippen molar-refractivity contribution in [3.8, 4) is 0 Å². The Labute approximate surface area is 77.3 Å². The third-order valence-corrected chi connectivity index (χ3v) is 1.15. The Morgan fingerprint density at radius 3 is 2.77 bits per heavy atom. The van der Waals surface area contributed by atoms with Gasteiger partial charge in [0.15, 0.2) is 0 Å². The summed E-state index contributed by atoms with van der Waals surface area (Å²) >= 11 is 0. The average molecular weight is 185 g/mol. The number of rotatable bonds is 3. The van der Waals surface area contributed by atoms with Crippen molar-refractivity contribution >= 4 is 6.09 Å². The van der Waals surface area contributed by atoms with Gasteiger partial charge in [0.1, 0.15) is 0 Å². The molecule has 1 amide bonds. The van der Waals surface area contributed by atoms with Crippen LogP contribution in [0.1, 0.15) is 19.8 Å². The molecule has 0 aromatic carbocycles. The quantitative estimate of drug-likeness (QED) is 0.696. The van der Waals surface area contributed by atoms with Crippen molar-refractivity contribution in [2.75, 3.05) is 6.61 Å². The zero-order chi connectivity index (χ0) is 9.94. The van der Waals surface area contributed by atoms with Gasteiger partial charge in [0, 0.05) is 12.4 Å². The summed E-state index contributed by atoms with van der Waals surface area (Å²) in [5.74, 6) is 0. The highest BCUT2D eigenvalue weighted by molar-refractivity contribution is 5.64. The summed E-state index contributed by atoms with van der Waals surface area (Å²) in [6, 6.07) is 0. The number of ether oxygens (including phenoxy) is 1. The summed E-state index contributed by atoms with van der Waals surface area (Å²) in [7, 11) is 0. The van der Waals surface area contributed by atoms with E-state index in [9.17, 15) is 4.79 Å². The number of primary amides is 1. The standard InChI is InChI=1S/C5H11NO2.C3H4N2/c1-2-3-4-8-5(6)7;1-2-5-3-4-1/h2-4H2,1H3,(H2,6,7);1-3H,(H,4,5). The number of nitrogens with one attached hydrogen (secondary N) is 1. The van der Waals surface area contributed by atoms with Crippen LogP contribution < -0.4 is 5.73 Å². The van der Waals surface area contributed by atoms with Crippen molar-refractivity contribution in [1.29, 1.82) is 0 Å². The molecule has 5 nitrogen and oxygen atoms in total. The first-order valence-corrected chi connectivity index (χ1v) is 4.12. The van der Waals surface area contributed by atoms with Crippen LogP contribution in [0.25, 0.3) is 0 Å². The molecule has 0 aliphatic rings. The first-order valence-electron chi connectivity index (χ1n) is 4.12. The van der Waals surface area contributed by atoms with Crippen molar-refractivity contribution in [3.63, 3.8) is 0 Å². The summed E-state index contributed by atoms with van der Waals surface area (Å²) < 4.78 is 4.42. The Bertz CT molecular complexity index is 182. The highest BCUT2D eigenvalue weighted by atomic mass is 16.5. The van der Waals surface area contributed by atoms with Gasteiger partial charge in [-0.15, -0.1) is 0 Å². The van der Waals surface area contributed by atoms with E-state index < -0.39 is 6.09 Å². The van der Waals surface area contributed by atoms with E-state index in [1.165, 1.54) is 0 Å². The number of amides is 1. The molecule has 1 heterocycles. The molecule has 0 bridgehead atoms. The fraction of sp³-hybridized carbons (Fsp3) is 0.500. The lowest BCUT2D eigenvalue weighted by Gasteiger charge is -1.95. The van der Waals surface area contributed by atoms with Gasteiger partial charge in [-0.2, -0.15) is 0 Å². The number of aromatic amines is 1. The number of nitrogens with zero attached hydrogens (tertiary/aromatic N) is 1. The molecule has 74 valence electrons. The summed E-state index contributed by atoms with van der Waals surface area (Å²) in [4.78, 5) is 16.3. The third kappa shape index (κ3) is 10.5. The van der Waals surface area contributed by atoms with Crippen LogP contribution in [0.15, 0.2) is 18.7 Å². The molecular formula is C8H15N3O2. The second kappa shape index (κ2) is 8.58. The number of aromatic nitrogens is 2. The van der Waals surface area contributed by atoms with E-state index in [0.29, 0.717) is 6.61 Å². The van der Waals surface area contributed by atoms with Gasteiger partial charge in [-0.3, -0.25) is 0 Å². The van der Waals surface area contributed by atoms with Crippen molar-refractivity contribution < 1.29 is 9.53 Å². The van der Waals surface area contributed by atoms with E-state index in [1.54, 1.807) is 18.7 Å². The van der Waals surface area contributed by atoms with Crippen LogP contribution in [0.4, 0.5) is 4.79 Å². The first-order chi connectivity index (χ1) is 6.27. The number of carbonyl (C=O) groups excluding carboxylic acids is 1. The predicted octanol–water partition coefficient (Wildman–Crippen LogP) is 1.29. The highest BCUT2D eigenvalue weighted by Gasteiger charge is 1.88. The zero-order valence-corrected chi connectivity index (χ0v) is 7.69. The van der Waals surface area contributed by atoms with Gasteiger partial charge >= 0.3 is 6.09 Å². The van der Waals surface area contributed by atoms with Crippen molar-refractivity contribution in [1.82, 2.24) is 9.97 Å². The number of carbonyl (C=O) groups is 1. The molecule has 0 atom stereocenters. The van der Waals surface area contributed by atoms with Gasteiger partial charge in [-0.25, -0.2) is 9.78 Å². The topological polar surface area (TPSA) is 81.0 Å². The van der Waals surface area contributed by atoms with Crippen LogP contribution in [0.2, 0.25) is 0 Å². The van der Waals surface area contributed by atoms with Gasteiger partial charge in [0.05, 0.1) is 12.9 Å². The van der Waals surface area contributed by atoms with Gasteiger partial charge in [-0.1, -0.05) is 13.3 Å². The Balaban J connectivity index is 0.000000243. The predicted molar refractivity (Wildman–Crippen MR) is 49.0 cm³/mol. The SMILES string of the molecule is CCCCOC(N)=O.c1c[nH]cn1. The number of imidazole rings is 1. The zero-order valence-electron chi connectivity index (χ0n) is 7.69. The molecule has 0 saturated heterocycles. The van der Waals surface area contributed by atoms with Crippen LogP contribution in [0.3, 0.4) is 0 Å². The highest BCUT2D eigenvalue weighted by Crippen LogP contribution is 1.85. The maximum atomic E-state index is 9.87. The molecule has 3 N–H and O–H groups in total. The van der Waals surface area contributed by atoms with Gasteiger partial charge < -0.3 is 15.5 Å². The second-order valence-corrected chi connectivity index (χ2v) is 2.28. The number of nitrogens with two attached hydrogens (primary N) is 1. The maximum absolute atomic E-state index is 9.87. The van der Waals surface area contributed by atoms with Crippen molar-refractivity contribution in [3.05, 3.63) is 18.7 Å². The van der Waals surface area contributed by atoms with Crippen molar-refractivity contribution in [2.24, 2.45) is 5.73 Å². The number of hydrogen-bond donors (Lipinski definition) is 2. The van der Waals surface area contributed by atoms with Crippen LogP contribution in [0, 0.1) is 0 Å². The van der Waals surface area contributed by atoms with E-state index in [2.05, 4.69) is 20.4 Å². The molecule has 0 saturated carbocycles. The Hall–Kier alpha value is -1.52. The monoisotopic (exact) mass is 185 g/mol. The van der Waals surface area contributed by atoms with Gasteiger partial charge in [-0.05, 0) is 6.42 Å². The Kier molecular flexibility index (Phi) is 7.57. The summed E-state index contributed by atoms with van der Waals surface area (Å²) in [6.07, 6.45) is 6.31. The molecule has 5 heteroatoms. The number of unbranched alkanes of at least 4 members (excludes halogenated alkanes) is 1. The lowest BCUT2D eigenvalue weighted by molar-refractivity contribution is 0.155. The van der Waals surface area contributed by atoms with E-state index in [0.717, 1.165) is 12.8 Å². The van der Waals surface area contributed by atoms with E-state index in [-0.39, 0.29) is 0 Å². The molecule has 1 aromatic heterocycles. The van der Waals surface area contributed by atoms with E-state index >= 15 is 0 Å². The van der Waals surface area contributed by atoms with Crippen LogP contribution in [-0.2, 0) is 4.74 Å². The molecule has 0 aliphatic carbocycles. The summed E-state index contributed by atoms with van der Waals surface area (Å²) in [5, 5.41) is 0. The molecular weight excluding hydrogens is 170 g/mol. The molecule has 13 heavy (non-hydrogen) atoms. The van der Waals surface area contributed by atoms with Gasteiger partial charge in [0.25, 0.3) is 0 Å². The number of hydrogen-bond acceptors (Lipinski definition) is 3.